The molecular formula is C11H8BrFN6. The number of benzene rings is 1. The lowest BCUT2D eigenvalue weighted by Crippen LogP contribution is -2.07. The standard InChI is InChI=1S/C11H8BrFN6/c12-8-1-2-9(13)7(3-8)4-15-10-5-14-6-11-16-17-18-19(10)11/h1-3,5-6,15H,4H2. The van der Waals surface area contributed by atoms with Crippen LogP contribution in [0.3, 0.4) is 0 Å². The molecule has 0 bridgehead atoms. The smallest absolute Gasteiger partial charge is 0.199 e. The lowest BCUT2D eigenvalue weighted by Gasteiger charge is -2.08. The van der Waals surface area contributed by atoms with E-state index in [0.717, 1.165) is 4.47 Å². The van der Waals surface area contributed by atoms with Crippen molar-refractivity contribution in [1.29, 1.82) is 0 Å². The van der Waals surface area contributed by atoms with Gasteiger partial charge in [-0.05, 0) is 28.6 Å². The highest BCUT2D eigenvalue weighted by Crippen LogP contribution is 2.17. The van der Waals surface area contributed by atoms with Gasteiger partial charge in [-0.25, -0.2) is 4.39 Å². The van der Waals surface area contributed by atoms with Crippen LogP contribution in [0, 0.1) is 5.82 Å². The normalized spacial score (nSPS) is 10.8. The minimum absolute atomic E-state index is 0.271. The predicted octanol–water partition coefficient (Wildman–Crippen LogP) is 2.03. The Labute approximate surface area is 115 Å². The molecule has 2 heterocycles. The van der Waals surface area contributed by atoms with Gasteiger partial charge in [0.15, 0.2) is 11.5 Å². The van der Waals surface area contributed by atoms with E-state index < -0.39 is 0 Å². The van der Waals surface area contributed by atoms with Gasteiger partial charge in [-0.2, -0.15) is 4.52 Å². The maximum Gasteiger partial charge on any atom is 0.199 e. The first-order valence-corrected chi connectivity index (χ1v) is 6.23. The van der Waals surface area contributed by atoms with Crippen LogP contribution in [0.15, 0.2) is 35.1 Å². The van der Waals surface area contributed by atoms with Gasteiger partial charge in [-0.3, -0.25) is 4.98 Å². The van der Waals surface area contributed by atoms with Crippen LogP contribution in [-0.4, -0.2) is 25.0 Å². The lowest BCUT2D eigenvalue weighted by atomic mass is 10.2. The highest BCUT2D eigenvalue weighted by atomic mass is 79.9. The molecule has 1 N–H and O–H groups in total. The average molecular weight is 323 g/mol. The molecule has 96 valence electrons. The number of aromatic nitrogens is 5. The van der Waals surface area contributed by atoms with Gasteiger partial charge < -0.3 is 5.32 Å². The molecule has 19 heavy (non-hydrogen) atoms. The molecule has 0 aliphatic rings. The summed E-state index contributed by atoms with van der Waals surface area (Å²) in [4.78, 5) is 4.01. The molecule has 3 rings (SSSR count). The van der Waals surface area contributed by atoms with Crippen LogP contribution in [0.5, 0.6) is 0 Å². The Morgan fingerprint density at radius 2 is 2.21 bits per heavy atom. The molecule has 0 saturated carbocycles. The van der Waals surface area contributed by atoms with Crippen LogP contribution >= 0.6 is 15.9 Å². The van der Waals surface area contributed by atoms with Gasteiger partial charge >= 0.3 is 0 Å². The number of anilines is 1. The number of tetrazole rings is 1. The van der Waals surface area contributed by atoms with Gasteiger partial charge in [0, 0.05) is 16.6 Å². The van der Waals surface area contributed by atoms with Crippen molar-refractivity contribution in [2.45, 2.75) is 6.54 Å². The molecular weight excluding hydrogens is 315 g/mol. The topological polar surface area (TPSA) is 68.0 Å². The molecule has 1 aromatic carbocycles. The first-order chi connectivity index (χ1) is 9.24. The van der Waals surface area contributed by atoms with Crippen molar-refractivity contribution in [2.24, 2.45) is 0 Å². The third-order valence-electron chi connectivity index (χ3n) is 2.58. The number of nitrogens with one attached hydrogen (secondary N) is 1. The van der Waals surface area contributed by atoms with Crippen LogP contribution < -0.4 is 5.32 Å². The van der Waals surface area contributed by atoms with Gasteiger partial charge in [0.1, 0.15) is 5.82 Å². The third kappa shape index (κ3) is 2.39. The third-order valence-corrected chi connectivity index (χ3v) is 3.07. The second kappa shape index (κ2) is 4.88. The monoisotopic (exact) mass is 322 g/mol. The van der Waals surface area contributed by atoms with Crippen molar-refractivity contribution in [3.05, 3.63) is 46.4 Å². The Morgan fingerprint density at radius 1 is 1.32 bits per heavy atom. The fourth-order valence-corrected chi connectivity index (χ4v) is 2.07. The second-order valence-corrected chi connectivity index (χ2v) is 4.75. The summed E-state index contributed by atoms with van der Waals surface area (Å²) in [6.07, 6.45) is 3.13. The first-order valence-electron chi connectivity index (χ1n) is 5.44. The Hall–Kier alpha value is -2.09. The number of halogens is 2. The van der Waals surface area contributed by atoms with E-state index in [1.807, 2.05) is 0 Å². The number of hydrogen-bond donors (Lipinski definition) is 1. The predicted molar refractivity (Wildman–Crippen MR) is 70.0 cm³/mol. The zero-order valence-electron chi connectivity index (χ0n) is 9.59. The Kier molecular flexibility index (Phi) is 3.08. The lowest BCUT2D eigenvalue weighted by molar-refractivity contribution is 0.612. The highest BCUT2D eigenvalue weighted by molar-refractivity contribution is 9.10. The van der Waals surface area contributed by atoms with E-state index in [0.29, 0.717) is 23.6 Å². The van der Waals surface area contributed by atoms with Crippen LogP contribution in [0.1, 0.15) is 5.56 Å². The summed E-state index contributed by atoms with van der Waals surface area (Å²) in [7, 11) is 0. The van der Waals surface area contributed by atoms with E-state index in [1.165, 1.54) is 10.6 Å². The molecule has 0 aliphatic carbocycles. The molecule has 0 radical (unpaired) electrons. The summed E-state index contributed by atoms with van der Waals surface area (Å²) in [6.45, 7) is 0.311. The molecule has 0 spiro atoms. The molecule has 0 atom stereocenters. The maximum absolute atomic E-state index is 13.6. The van der Waals surface area contributed by atoms with Gasteiger partial charge in [0.25, 0.3) is 0 Å². The van der Waals surface area contributed by atoms with E-state index in [1.54, 1.807) is 24.5 Å². The van der Waals surface area contributed by atoms with Crippen molar-refractivity contribution in [3.8, 4) is 0 Å². The van der Waals surface area contributed by atoms with Crippen molar-refractivity contribution in [3.63, 3.8) is 0 Å². The number of rotatable bonds is 3. The Bertz CT molecular complexity index is 728. The van der Waals surface area contributed by atoms with E-state index in [9.17, 15) is 4.39 Å². The van der Waals surface area contributed by atoms with E-state index >= 15 is 0 Å². The quantitative estimate of drug-likeness (QED) is 0.799. The maximum atomic E-state index is 13.6. The SMILES string of the molecule is Fc1ccc(Br)cc1CNc1cncc2nnnn12. The van der Waals surface area contributed by atoms with Gasteiger partial charge in [0.2, 0.25) is 0 Å². The molecule has 0 saturated heterocycles. The summed E-state index contributed by atoms with van der Waals surface area (Å²) in [6, 6.07) is 4.79. The Morgan fingerprint density at radius 3 is 3.11 bits per heavy atom. The molecule has 0 amide bonds. The van der Waals surface area contributed by atoms with Crippen LogP contribution in [0.25, 0.3) is 5.65 Å². The molecule has 2 aromatic heterocycles. The minimum Gasteiger partial charge on any atom is -0.364 e. The van der Waals surface area contributed by atoms with Gasteiger partial charge in [0.05, 0.1) is 12.4 Å². The van der Waals surface area contributed by atoms with Gasteiger partial charge in [-0.15, -0.1) is 5.10 Å². The molecule has 3 aromatic rings. The summed E-state index contributed by atoms with van der Waals surface area (Å²) >= 11 is 3.31. The largest absolute Gasteiger partial charge is 0.364 e. The molecule has 0 fully saturated rings. The second-order valence-electron chi connectivity index (χ2n) is 3.83. The molecule has 0 aliphatic heterocycles. The Balaban J connectivity index is 1.86. The van der Waals surface area contributed by atoms with Crippen molar-refractivity contribution < 1.29 is 4.39 Å². The van der Waals surface area contributed by atoms with Crippen molar-refractivity contribution in [2.75, 3.05) is 5.32 Å². The van der Waals surface area contributed by atoms with Crippen LogP contribution in [0.4, 0.5) is 10.2 Å². The minimum atomic E-state index is -0.271. The highest BCUT2D eigenvalue weighted by Gasteiger charge is 2.06. The van der Waals surface area contributed by atoms with Crippen molar-refractivity contribution >= 4 is 27.4 Å². The number of hydrogen-bond acceptors (Lipinski definition) is 5. The van der Waals surface area contributed by atoms with Crippen LogP contribution in [-0.2, 0) is 6.54 Å². The fourth-order valence-electron chi connectivity index (χ4n) is 1.66. The number of nitrogens with zero attached hydrogens (tertiary/aromatic N) is 5. The van der Waals surface area contributed by atoms with Gasteiger partial charge in [-0.1, -0.05) is 15.9 Å². The zero-order valence-corrected chi connectivity index (χ0v) is 11.2. The summed E-state index contributed by atoms with van der Waals surface area (Å²) < 4.78 is 15.9. The van der Waals surface area contributed by atoms with Crippen molar-refractivity contribution in [1.82, 2.24) is 25.0 Å². The molecule has 8 heteroatoms. The summed E-state index contributed by atoms with van der Waals surface area (Å²) in [5.74, 6) is 0.328. The van der Waals surface area contributed by atoms with E-state index in [2.05, 4.69) is 41.8 Å². The molecule has 6 nitrogen and oxygen atoms in total. The van der Waals surface area contributed by atoms with Crippen LogP contribution in [0.2, 0.25) is 0 Å². The zero-order chi connectivity index (χ0) is 13.2. The summed E-state index contributed by atoms with van der Waals surface area (Å²) in [5.41, 5.74) is 1.07. The van der Waals surface area contributed by atoms with E-state index in [4.69, 9.17) is 0 Å². The van der Waals surface area contributed by atoms with E-state index in [-0.39, 0.29) is 5.82 Å². The molecule has 0 unspecified atom stereocenters. The first kappa shape index (κ1) is 12.0. The fraction of sp³-hybridized carbons (Fsp3) is 0.0909. The summed E-state index contributed by atoms with van der Waals surface area (Å²) in [5, 5.41) is 14.2. The number of fused-ring (bicyclic) bond motifs is 1. The average Bonchev–Trinajstić information content (AvgIpc) is 2.88.